The summed E-state index contributed by atoms with van der Waals surface area (Å²) in [6.45, 7) is 3.38. The van der Waals surface area contributed by atoms with Gasteiger partial charge in [-0.15, -0.1) is 0 Å². The number of nitrogen functional groups attached to an aromatic ring is 1. The highest BCUT2D eigenvalue weighted by Crippen LogP contribution is 2.22. The van der Waals surface area contributed by atoms with Gasteiger partial charge in [0.2, 0.25) is 5.95 Å². The highest BCUT2D eigenvalue weighted by Gasteiger charge is 2.21. The van der Waals surface area contributed by atoms with Crippen LogP contribution in [0.1, 0.15) is 41.7 Å². The number of hydrogen-bond acceptors (Lipinski definition) is 5. The zero-order valence-corrected chi connectivity index (χ0v) is 13.2. The van der Waals surface area contributed by atoms with Crippen molar-refractivity contribution in [2.24, 2.45) is 0 Å². The molecule has 1 aromatic heterocycles. The smallest absolute Gasteiger partial charge is 0.257 e. The molecule has 6 nitrogen and oxygen atoms in total. The lowest BCUT2D eigenvalue weighted by Crippen LogP contribution is -2.38. The Bertz CT molecular complexity index is 499. The third-order valence-corrected chi connectivity index (χ3v) is 4.31. The van der Waals surface area contributed by atoms with Gasteiger partial charge in [0.1, 0.15) is 0 Å². The van der Waals surface area contributed by atoms with Gasteiger partial charge in [0.25, 0.3) is 5.91 Å². The molecule has 1 aliphatic carbocycles. The normalized spacial score (nSPS) is 15.6. The maximum atomic E-state index is 12.4. The molecule has 0 aromatic carbocycles. The van der Waals surface area contributed by atoms with E-state index < -0.39 is 0 Å². The Hall–Kier alpha value is -1.69. The lowest BCUT2D eigenvalue weighted by Gasteiger charge is -2.27. The lowest BCUT2D eigenvalue weighted by molar-refractivity contribution is 0.0773. The number of carbonyl (C=O) groups excluding carboxylic acids is 1. The number of nitrogens with zero attached hydrogens (tertiary/aromatic N) is 4. The molecule has 0 atom stereocenters. The van der Waals surface area contributed by atoms with Crippen LogP contribution in [0.5, 0.6) is 0 Å². The van der Waals surface area contributed by atoms with Crippen LogP contribution in [0.3, 0.4) is 0 Å². The van der Waals surface area contributed by atoms with Crippen LogP contribution in [-0.2, 0) is 0 Å². The molecule has 0 bridgehead atoms. The van der Waals surface area contributed by atoms with Gasteiger partial charge in [0.05, 0.1) is 11.3 Å². The number of amides is 1. The Balaban J connectivity index is 1.90. The molecule has 0 aliphatic heterocycles. The minimum absolute atomic E-state index is 0.0488. The second-order valence-corrected chi connectivity index (χ2v) is 5.87. The van der Waals surface area contributed by atoms with Gasteiger partial charge in [-0.2, -0.15) is 0 Å². The van der Waals surface area contributed by atoms with Crippen molar-refractivity contribution in [1.29, 1.82) is 0 Å². The molecule has 2 N–H and O–H groups in total. The minimum atomic E-state index is -0.0488. The molecule has 1 heterocycles. The monoisotopic (exact) mass is 291 g/mol. The van der Waals surface area contributed by atoms with Gasteiger partial charge in [0.15, 0.2) is 0 Å². The molecule has 0 radical (unpaired) electrons. The standard InChI is InChI=1S/C15H25N5O/c1-11-13(10-17-15(16)18-11)14(21)20(3)9-8-19(2)12-6-4-5-7-12/h10,12H,4-9H2,1-3H3,(H2,16,17,18). The average Bonchev–Trinajstić information content (AvgIpc) is 2.98. The first-order valence-electron chi connectivity index (χ1n) is 7.54. The summed E-state index contributed by atoms with van der Waals surface area (Å²) in [5, 5.41) is 0. The molecule has 1 aliphatic rings. The van der Waals surface area contributed by atoms with Gasteiger partial charge < -0.3 is 15.5 Å². The summed E-state index contributed by atoms with van der Waals surface area (Å²) in [5.41, 5.74) is 6.67. The Kier molecular flexibility index (Phi) is 5.12. The Morgan fingerprint density at radius 3 is 2.62 bits per heavy atom. The summed E-state index contributed by atoms with van der Waals surface area (Å²) in [5.74, 6) is 0.153. The molecular weight excluding hydrogens is 266 g/mol. The van der Waals surface area contributed by atoms with Crippen LogP contribution in [0.2, 0.25) is 0 Å². The van der Waals surface area contributed by atoms with E-state index in [2.05, 4.69) is 21.9 Å². The van der Waals surface area contributed by atoms with Crippen LogP contribution in [-0.4, -0.2) is 58.9 Å². The van der Waals surface area contributed by atoms with Crippen LogP contribution >= 0.6 is 0 Å². The average molecular weight is 291 g/mol. The van der Waals surface area contributed by atoms with Crippen molar-refractivity contribution in [3.05, 3.63) is 17.5 Å². The van der Waals surface area contributed by atoms with Crippen molar-refractivity contribution in [2.75, 3.05) is 32.9 Å². The molecule has 6 heteroatoms. The number of hydrogen-bond donors (Lipinski definition) is 1. The van der Waals surface area contributed by atoms with Crippen molar-refractivity contribution in [1.82, 2.24) is 19.8 Å². The Labute approximate surface area is 126 Å². The van der Waals surface area contributed by atoms with E-state index in [4.69, 9.17) is 5.73 Å². The van der Waals surface area contributed by atoms with Crippen molar-refractivity contribution >= 4 is 11.9 Å². The number of aromatic nitrogens is 2. The summed E-state index contributed by atoms with van der Waals surface area (Å²) in [6, 6.07) is 0.676. The Morgan fingerprint density at radius 1 is 1.33 bits per heavy atom. The van der Waals surface area contributed by atoms with E-state index in [0.29, 0.717) is 23.8 Å². The van der Waals surface area contributed by atoms with E-state index in [0.717, 1.165) is 6.54 Å². The fourth-order valence-corrected chi connectivity index (χ4v) is 2.84. The molecule has 1 aromatic rings. The van der Waals surface area contributed by atoms with Gasteiger partial charge in [-0.25, -0.2) is 9.97 Å². The van der Waals surface area contributed by atoms with Crippen LogP contribution in [0, 0.1) is 6.92 Å². The van der Waals surface area contributed by atoms with Gasteiger partial charge in [-0.1, -0.05) is 12.8 Å². The Morgan fingerprint density at radius 2 is 2.00 bits per heavy atom. The van der Waals surface area contributed by atoms with Crippen molar-refractivity contribution < 1.29 is 4.79 Å². The van der Waals surface area contributed by atoms with E-state index in [-0.39, 0.29) is 11.9 Å². The number of aryl methyl sites for hydroxylation is 1. The molecule has 0 unspecified atom stereocenters. The SMILES string of the molecule is Cc1nc(N)ncc1C(=O)N(C)CCN(C)C1CCCC1. The lowest BCUT2D eigenvalue weighted by atomic mass is 10.2. The molecular formula is C15H25N5O. The van der Waals surface area contributed by atoms with Gasteiger partial charge in [-0.3, -0.25) is 4.79 Å². The van der Waals surface area contributed by atoms with E-state index >= 15 is 0 Å². The highest BCUT2D eigenvalue weighted by atomic mass is 16.2. The molecule has 116 valence electrons. The first kappa shape index (κ1) is 15.7. The number of likely N-dealkylation sites (N-methyl/N-ethyl adjacent to an activating group) is 2. The third-order valence-electron chi connectivity index (χ3n) is 4.31. The maximum absolute atomic E-state index is 12.4. The fraction of sp³-hybridized carbons (Fsp3) is 0.667. The second kappa shape index (κ2) is 6.85. The zero-order chi connectivity index (χ0) is 15.4. The minimum Gasteiger partial charge on any atom is -0.368 e. The topological polar surface area (TPSA) is 75.3 Å². The molecule has 2 rings (SSSR count). The highest BCUT2D eigenvalue weighted by molar-refractivity contribution is 5.94. The van der Waals surface area contributed by atoms with Gasteiger partial charge in [-0.05, 0) is 26.8 Å². The first-order chi connectivity index (χ1) is 9.99. The quantitative estimate of drug-likeness (QED) is 0.885. The second-order valence-electron chi connectivity index (χ2n) is 5.87. The number of anilines is 1. The van der Waals surface area contributed by atoms with Crippen LogP contribution in [0.4, 0.5) is 5.95 Å². The summed E-state index contributed by atoms with van der Waals surface area (Å²) < 4.78 is 0. The molecule has 1 amide bonds. The van der Waals surface area contributed by atoms with E-state index in [1.807, 2.05) is 7.05 Å². The van der Waals surface area contributed by atoms with E-state index in [9.17, 15) is 4.79 Å². The summed E-state index contributed by atoms with van der Waals surface area (Å²) in [4.78, 5) is 24.4. The number of rotatable bonds is 5. The van der Waals surface area contributed by atoms with Crippen molar-refractivity contribution in [2.45, 2.75) is 38.6 Å². The molecule has 0 saturated heterocycles. The van der Waals surface area contributed by atoms with Crippen LogP contribution < -0.4 is 5.73 Å². The summed E-state index contributed by atoms with van der Waals surface area (Å²) in [6.07, 6.45) is 6.72. The first-order valence-corrected chi connectivity index (χ1v) is 7.54. The van der Waals surface area contributed by atoms with Crippen molar-refractivity contribution in [3.8, 4) is 0 Å². The largest absolute Gasteiger partial charge is 0.368 e. The van der Waals surface area contributed by atoms with Crippen molar-refractivity contribution in [3.63, 3.8) is 0 Å². The maximum Gasteiger partial charge on any atom is 0.257 e. The van der Waals surface area contributed by atoms with Gasteiger partial charge in [0, 0.05) is 32.4 Å². The predicted octanol–water partition coefficient (Wildman–Crippen LogP) is 1.31. The zero-order valence-electron chi connectivity index (χ0n) is 13.2. The molecule has 0 spiro atoms. The summed E-state index contributed by atoms with van der Waals surface area (Å²) >= 11 is 0. The van der Waals surface area contributed by atoms with E-state index in [1.165, 1.54) is 31.9 Å². The number of nitrogens with two attached hydrogens (primary N) is 1. The molecule has 1 fully saturated rings. The van der Waals surface area contributed by atoms with Crippen LogP contribution in [0.25, 0.3) is 0 Å². The third kappa shape index (κ3) is 3.91. The van der Waals surface area contributed by atoms with Gasteiger partial charge >= 0.3 is 0 Å². The van der Waals surface area contributed by atoms with E-state index in [1.54, 1.807) is 11.8 Å². The van der Waals surface area contributed by atoms with Crippen LogP contribution in [0.15, 0.2) is 6.20 Å². The predicted molar refractivity (Wildman–Crippen MR) is 83.0 cm³/mol. The molecule has 1 saturated carbocycles. The summed E-state index contributed by atoms with van der Waals surface area (Å²) in [7, 11) is 3.96. The molecule has 21 heavy (non-hydrogen) atoms. The number of carbonyl (C=O) groups is 1. The fourth-order valence-electron chi connectivity index (χ4n) is 2.84.